The summed E-state index contributed by atoms with van der Waals surface area (Å²) in [6.45, 7) is 0.773. The van der Waals surface area contributed by atoms with Gasteiger partial charge in [0.15, 0.2) is 0 Å². The van der Waals surface area contributed by atoms with Crippen LogP contribution in [0.4, 0.5) is 4.39 Å². The lowest BCUT2D eigenvalue weighted by molar-refractivity contribution is 0.300. The van der Waals surface area contributed by atoms with Gasteiger partial charge in [0, 0.05) is 0 Å². The standard InChI is InChI=1S/C5H9FOSi/c6-5-8-4-2-1-3-7-8/h5H,1-4H2. The first-order valence-corrected chi connectivity index (χ1v) is 4.55. The van der Waals surface area contributed by atoms with Gasteiger partial charge in [-0.2, -0.15) is 0 Å². The molecule has 0 aromatic heterocycles. The van der Waals surface area contributed by atoms with Crippen molar-refractivity contribution in [3.05, 3.63) is 0 Å². The van der Waals surface area contributed by atoms with E-state index in [1.165, 1.54) is 0 Å². The molecular formula is C5H9FOSi. The van der Waals surface area contributed by atoms with E-state index in [9.17, 15) is 4.39 Å². The second-order valence-electron chi connectivity index (χ2n) is 1.88. The summed E-state index contributed by atoms with van der Waals surface area (Å²) in [4.78, 5) is 0. The maximum atomic E-state index is 11.7. The van der Waals surface area contributed by atoms with Gasteiger partial charge >= 0.3 is 0 Å². The van der Waals surface area contributed by atoms with Crippen LogP contribution in [0.25, 0.3) is 0 Å². The van der Waals surface area contributed by atoms with Crippen LogP contribution in [0.1, 0.15) is 12.8 Å². The minimum Gasteiger partial charge on any atom is -0.549 e. The van der Waals surface area contributed by atoms with Crippen LogP contribution in [-0.2, 0) is 4.43 Å². The molecule has 0 radical (unpaired) electrons. The zero-order chi connectivity index (χ0) is 5.82. The Bertz CT molecular complexity index is 94.6. The first kappa shape index (κ1) is 5.94. The van der Waals surface area contributed by atoms with E-state index in [0.717, 1.165) is 31.4 Å². The van der Waals surface area contributed by atoms with Crippen LogP contribution >= 0.6 is 0 Å². The molecule has 0 aromatic carbocycles. The first-order chi connectivity index (χ1) is 3.93. The van der Waals surface area contributed by atoms with Crippen molar-refractivity contribution in [3.63, 3.8) is 0 Å². The number of hydrogen-bond donors (Lipinski definition) is 0. The van der Waals surface area contributed by atoms with Crippen molar-refractivity contribution >= 4 is 14.6 Å². The quantitative estimate of drug-likeness (QED) is 0.448. The van der Waals surface area contributed by atoms with E-state index in [4.69, 9.17) is 4.43 Å². The maximum Gasteiger partial charge on any atom is 0.261 e. The van der Waals surface area contributed by atoms with Gasteiger partial charge in [0.25, 0.3) is 8.65 Å². The Morgan fingerprint density at radius 1 is 1.50 bits per heavy atom. The van der Waals surface area contributed by atoms with Gasteiger partial charge < -0.3 is 4.43 Å². The molecule has 0 saturated carbocycles. The fourth-order valence-corrected chi connectivity index (χ4v) is 2.08. The molecule has 0 aliphatic carbocycles. The monoisotopic (exact) mass is 132 g/mol. The molecule has 1 heterocycles. The summed E-state index contributed by atoms with van der Waals surface area (Å²) in [5.41, 5.74) is 0. The third-order valence-corrected chi connectivity index (χ3v) is 2.89. The summed E-state index contributed by atoms with van der Waals surface area (Å²) in [6.07, 6.45) is 2.26. The van der Waals surface area contributed by atoms with Crippen molar-refractivity contribution in [3.8, 4) is 0 Å². The number of hydrogen-bond acceptors (Lipinski definition) is 1. The highest BCUT2D eigenvalue weighted by atomic mass is 28.3. The predicted octanol–water partition coefficient (Wildman–Crippen LogP) is 1.10. The van der Waals surface area contributed by atoms with E-state index in [0.29, 0.717) is 0 Å². The summed E-state index contributed by atoms with van der Waals surface area (Å²) in [6, 6.07) is 0.959. The van der Waals surface area contributed by atoms with Crippen molar-refractivity contribution in [2.75, 3.05) is 6.61 Å². The third-order valence-electron chi connectivity index (χ3n) is 1.23. The Morgan fingerprint density at radius 3 is 2.75 bits per heavy atom. The van der Waals surface area contributed by atoms with Crippen LogP contribution in [0.5, 0.6) is 0 Å². The topological polar surface area (TPSA) is 9.23 Å². The van der Waals surface area contributed by atoms with Crippen LogP contribution in [0.15, 0.2) is 0 Å². The lowest BCUT2D eigenvalue weighted by Gasteiger charge is -2.12. The fourth-order valence-electron chi connectivity index (χ4n) is 0.763. The second-order valence-corrected chi connectivity index (χ2v) is 3.82. The van der Waals surface area contributed by atoms with Crippen molar-refractivity contribution in [2.24, 2.45) is 0 Å². The van der Waals surface area contributed by atoms with E-state index in [-0.39, 0.29) is 0 Å². The predicted molar refractivity (Wildman–Crippen MR) is 32.9 cm³/mol. The van der Waals surface area contributed by atoms with Gasteiger partial charge in [-0.25, -0.2) is 4.39 Å². The first-order valence-electron chi connectivity index (χ1n) is 2.85. The molecule has 0 atom stereocenters. The van der Waals surface area contributed by atoms with Gasteiger partial charge in [0.05, 0.1) is 6.61 Å². The normalized spacial score (nSPS) is 25.4. The van der Waals surface area contributed by atoms with Gasteiger partial charge in [0.1, 0.15) is 5.93 Å². The Morgan fingerprint density at radius 2 is 2.38 bits per heavy atom. The second kappa shape index (κ2) is 2.97. The molecule has 3 heteroatoms. The molecule has 46 valence electrons. The average molecular weight is 132 g/mol. The molecule has 1 aliphatic rings. The van der Waals surface area contributed by atoms with E-state index in [1.54, 1.807) is 0 Å². The van der Waals surface area contributed by atoms with Crippen LogP contribution in [0.3, 0.4) is 0 Å². The lowest BCUT2D eigenvalue weighted by Crippen LogP contribution is -2.15. The van der Waals surface area contributed by atoms with Crippen molar-refractivity contribution < 1.29 is 8.82 Å². The third kappa shape index (κ3) is 1.40. The highest BCUT2D eigenvalue weighted by molar-refractivity contribution is 6.58. The summed E-state index contributed by atoms with van der Waals surface area (Å²) >= 11 is 0. The number of rotatable bonds is 0. The van der Waals surface area contributed by atoms with Crippen LogP contribution < -0.4 is 0 Å². The smallest absolute Gasteiger partial charge is 0.261 e. The summed E-state index contributed by atoms with van der Waals surface area (Å²) in [7, 11) is -1.08. The van der Waals surface area contributed by atoms with Crippen LogP contribution in [0.2, 0.25) is 6.04 Å². The van der Waals surface area contributed by atoms with Gasteiger partial charge in [-0.1, -0.05) is 0 Å². The van der Waals surface area contributed by atoms with E-state index < -0.39 is 8.65 Å². The van der Waals surface area contributed by atoms with Gasteiger partial charge in [-0.3, -0.25) is 0 Å². The van der Waals surface area contributed by atoms with Crippen LogP contribution in [0, 0.1) is 0 Å². The Labute approximate surface area is 49.8 Å². The molecule has 0 unspecified atom stereocenters. The zero-order valence-corrected chi connectivity index (χ0v) is 5.69. The SMILES string of the molecule is FC=[Si]1CCCCO1. The zero-order valence-electron chi connectivity index (χ0n) is 4.69. The molecule has 1 saturated heterocycles. The molecule has 0 N–H and O–H groups in total. The largest absolute Gasteiger partial charge is 0.549 e. The highest BCUT2D eigenvalue weighted by Gasteiger charge is 2.06. The average Bonchev–Trinajstić information content (AvgIpc) is 1.90. The molecule has 1 nitrogen and oxygen atoms in total. The molecule has 0 spiro atoms. The Hall–Kier alpha value is -0.183. The summed E-state index contributed by atoms with van der Waals surface area (Å²) in [5.74, 6) is 0.740. The molecule has 8 heavy (non-hydrogen) atoms. The van der Waals surface area contributed by atoms with E-state index >= 15 is 0 Å². The molecule has 0 aromatic rings. The van der Waals surface area contributed by atoms with Crippen molar-refractivity contribution in [1.82, 2.24) is 0 Å². The van der Waals surface area contributed by atoms with Crippen LogP contribution in [-0.4, -0.2) is 21.2 Å². The van der Waals surface area contributed by atoms with Crippen molar-refractivity contribution in [1.29, 1.82) is 0 Å². The molecule has 1 rings (SSSR count). The summed E-state index contributed by atoms with van der Waals surface area (Å²) in [5, 5.41) is 0. The van der Waals surface area contributed by atoms with Gasteiger partial charge in [-0.15, -0.1) is 0 Å². The minimum atomic E-state index is -1.08. The number of halogens is 1. The Balaban J connectivity index is 2.33. The minimum absolute atomic E-state index is 0.740. The molecular weight excluding hydrogens is 123 g/mol. The highest BCUT2D eigenvalue weighted by Crippen LogP contribution is 2.05. The fraction of sp³-hybridized carbons (Fsp3) is 0.800. The van der Waals surface area contributed by atoms with Gasteiger partial charge in [0.2, 0.25) is 0 Å². The molecule has 0 amide bonds. The van der Waals surface area contributed by atoms with E-state index in [2.05, 4.69) is 0 Å². The maximum absolute atomic E-state index is 11.7. The van der Waals surface area contributed by atoms with Gasteiger partial charge in [-0.05, 0) is 18.9 Å². The summed E-state index contributed by atoms with van der Waals surface area (Å²) < 4.78 is 16.8. The molecule has 1 aliphatic heterocycles. The van der Waals surface area contributed by atoms with Crippen molar-refractivity contribution in [2.45, 2.75) is 18.9 Å². The lowest BCUT2D eigenvalue weighted by atomic mass is 10.4. The Kier molecular flexibility index (Phi) is 2.20. The molecule has 0 bridgehead atoms. The molecule has 1 fully saturated rings. The van der Waals surface area contributed by atoms with E-state index in [1.807, 2.05) is 0 Å².